The summed E-state index contributed by atoms with van der Waals surface area (Å²) in [5, 5.41) is 17.9. The van der Waals surface area contributed by atoms with Gasteiger partial charge in [0.05, 0.1) is 19.9 Å². The first-order chi connectivity index (χ1) is 7.67. The van der Waals surface area contributed by atoms with E-state index in [0.29, 0.717) is 11.4 Å². The van der Waals surface area contributed by atoms with Crippen LogP contribution >= 0.6 is 0 Å². The van der Waals surface area contributed by atoms with Gasteiger partial charge in [0.15, 0.2) is 0 Å². The standard InChI is InChI=1S/C6H14N8O2/c1-5(8-10-11-13-15-3)6(2)14(16-4)12-9-7/h2H2,1,3-4H3,(H2,7,12)(H,10,13)/b8-5+. The lowest BCUT2D eigenvalue weighted by atomic mass is 10.3. The van der Waals surface area contributed by atoms with Gasteiger partial charge in [0.1, 0.15) is 5.70 Å². The maximum Gasteiger partial charge on any atom is 0.108 e. The van der Waals surface area contributed by atoms with Crippen molar-refractivity contribution in [1.29, 1.82) is 0 Å². The molecule has 0 saturated heterocycles. The van der Waals surface area contributed by atoms with Gasteiger partial charge >= 0.3 is 0 Å². The molecule has 10 nitrogen and oxygen atoms in total. The number of hydrogen-bond donors (Lipinski definition) is 2. The summed E-state index contributed by atoms with van der Waals surface area (Å²) in [6, 6.07) is 0. The molecule has 3 N–H and O–H groups in total. The molecular formula is C6H14N8O2. The van der Waals surface area contributed by atoms with E-state index in [1.54, 1.807) is 6.92 Å². The molecule has 0 saturated carbocycles. The van der Waals surface area contributed by atoms with Crippen LogP contribution in [0, 0.1) is 0 Å². The second-order valence-corrected chi connectivity index (χ2v) is 2.28. The van der Waals surface area contributed by atoms with Gasteiger partial charge in [-0.15, -0.1) is 10.3 Å². The Labute approximate surface area is 92.3 Å². The molecular weight excluding hydrogens is 216 g/mol. The molecule has 0 aliphatic heterocycles. The van der Waals surface area contributed by atoms with Crippen molar-refractivity contribution in [2.75, 3.05) is 14.2 Å². The summed E-state index contributed by atoms with van der Waals surface area (Å²) in [5.41, 5.74) is 2.85. The van der Waals surface area contributed by atoms with Gasteiger partial charge in [0.25, 0.3) is 0 Å². The van der Waals surface area contributed by atoms with Crippen molar-refractivity contribution in [2.24, 2.45) is 31.8 Å². The Balaban J connectivity index is 4.46. The number of hydrogen-bond acceptors (Lipinski definition) is 6. The Morgan fingerprint density at radius 1 is 1.44 bits per heavy atom. The summed E-state index contributed by atoms with van der Waals surface area (Å²) in [6.45, 7) is 5.28. The SMILES string of the molecule is C=C(/C(C)=N/N=N\NOC)N(/N=N\N)OC. The van der Waals surface area contributed by atoms with Crippen molar-refractivity contribution in [3.8, 4) is 0 Å². The van der Waals surface area contributed by atoms with E-state index in [0.717, 1.165) is 5.17 Å². The van der Waals surface area contributed by atoms with Crippen LogP contribution < -0.4 is 11.4 Å². The van der Waals surface area contributed by atoms with E-state index in [1.807, 2.05) is 0 Å². The second-order valence-electron chi connectivity index (χ2n) is 2.28. The number of nitrogens with zero attached hydrogens (tertiary/aromatic N) is 6. The zero-order valence-corrected chi connectivity index (χ0v) is 9.28. The number of nitrogens with one attached hydrogen (secondary N) is 1. The van der Waals surface area contributed by atoms with Crippen LogP contribution in [0.2, 0.25) is 0 Å². The minimum Gasteiger partial charge on any atom is -0.303 e. The second kappa shape index (κ2) is 8.26. The highest BCUT2D eigenvalue weighted by molar-refractivity contribution is 5.96. The van der Waals surface area contributed by atoms with Gasteiger partial charge in [-0.3, -0.25) is 9.68 Å². The van der Waals surface area contributed by atoms with Gasteiger partial charge in [0, 0.05) is 0 Å². The normalized spacial score (nSPS) is 12.3. The molecule has 0 aliphatic rings. The lowest BCUT2D eigenvalue weighted by Gasteiger charge is -2.14. The Kier molecular flexibility index (Phi) is 7.19. The number of hydroxylamine groups is 1. The van der Waals surface area contributed by atoms with Gasteiger partial charge in [-0.05, 0) is 22.6 Å². The van der Waals surface area contributed by atoms with Crippen LogP contribution in [0.3, 0.4) is 0 Å². The monoisotopic (exact) mass is 230 g/mol. The molecule has 10 heteroatoms. The van der Waals surface area contributed by atoms with Crippen molar-refractivity contribution in [3.05, 3.63) is 12.3 Å². The highest BCUT2D eigenvalue weighted by atomic mass is 16.7. The van der Waals surface area contributed by atoms with E-state index >= 15 is 0 Å². The molecule has 16 heavy (non-hydrogen) atoms. The topological polar surface area (TPSA) is 122 Å². The molecule has 0 spiro atoms. The summed E-state index contributed by atoms with van der Waals surface area (Å²) < 4.78 is 0. The van der Waals surface area contributed by atoms with E-state index in [2.05, 4.69) is 43.0 Å². The molecule has 0 atom stereocenters. The van der Waals surface area contributed by atoms with Gasteiger partial charge in [-0.25, -0.2) is 0 Å². The fourth-order valence-electron chi connectivity index (χ4n) is 0.592. The molecule has 0 fully saturated rings. The molecule has 0 aliphatic carbocycles. The average Bonchev–Trinajstić information content (AvgIpc) is 2.30. The van der Waals surface area contributed by atoms with Gasteiger partial charge in [-0.1, -0.05) is 11.8 Å². The molecule has 0 unspecified atom stereocenters. The summed E-state index contributed by atoms with van der Waals surface area (Å²) in [5.74, 6) is 4.87. The third-order valence-corrected chi connectivity index (χ3v) is 1.33. The molecule has 0 aromatic carbocycles. The van der Waals surface area contributed by atoms with Crippen LogP contribution in [0.1, 0.15) is 6.92 Å². The molecule has 0 heterocycles. The zero-order valence-electron chi connectivity index (χ0n) is 9.28. The Morgan fingerprint density at radius 3 is 2.62 bits per heavy atom. The third kappa shape index (κ3) is 4.97. The van der Waals surface area contributed by atoms with E-state index in [-0.39, 0.29) is 0 Å². The highest BCUT2D eigenvalue weighted by Crippen LogP contribution is 2.05. The Hall–Kier alpha value is -2.07. The highest BCUT2D eigenvalue weighted by Gasteiger charge is 2.08. The first-order valence-electron chi connectivity index (χ1n) is 4.04. The zero-order chi connectivity index (χ0) is 12.4. The summed E-state index contributed by atoms with van der Waals surface area (Å²) in [7, 11) is 2.77. The van der Waals surface area contributed by atoms with E-state index in [9.17, 15) is 0 Å². The molecule has 0 aromatic heterocycles. The van der Waals surface area contributed by atoms with Crippen LogP contribution in [-0.2, 0) is 9.68 Å². The van der Waals surface area contributed by atoms with Crippen molar-refractivity contribution in [2.45, 2.75) is 6.92 Å². The van der Waals surface area contributed by atoms with Crippen LogP contribution in [0.5, 0.6) is 0 Å². The third-order valence-electron chi connectivity index (χ3n) is 1.33. The molecule has 0 bridgehead atoms. The molecule has 0 aromatic rings. The van der Waals surface area contributed by atoms with Crippen LogP contribution in [0.25, 0.3) is 0 Å². The van der Waals surface area contributed by atoms with Gasteiger partial charge in [-0.2, -0.15) is 5.59 Å². The predicted octanol–water partition coefficient (Wildman–Crippen LogP) is 0.499. The number of nitrogens with two attached hydrogens (primary N) is 1. The maximum atomic E-state index is 4.87. The van der Waals surface area contributed by atoms with Crippen LogP contribution in [-0.4, -0.2) is 25.1 Å². The number of allylic oxidation sites excluding steroid dienone is 1. The fourth-order valence-corrected chi connectivity index (χ4v) is 0.592. The van der Waals surface area contributed by atoms with Crippen molar-refractivity contribution < 1.29 is 9.68 Å². The van der Waals surface area contributed by atoms with Gasteiger partial charge in [0.2, 0.25) is 0 Å². The summed E-state index contributed by atoms with van der Waals surface area (Å²) in [4.78, 5) is 9.21. The smallest absolute Gasteiger partial charge is 0.108 e. The van der Waals surface area contributed by atoms with Gasteiger partial charge < -0.3 is 5.84 Å². The van der Waals surface area contributed by atoms with Crippen LogP contribution in [0.15, 0.2) is 38.3 Å². The summed E-state index contributed by atoms with van der Waals surface area (Å²) >= 11 is 0. The fraction of sp³-hybridized carbons (Fsp3) is 0.500. The molecule has 0 radical (unpaired) electrons. The first kappa shape index (κ1) is 13.9. The lowest BCUT2D eigenvalue weighted by molar-refractivity contribution is -0.100. The van der Waals surface area contributed by atoms with E-state index < -0.39 is 0 Å². The minimum absolute atomic E-state index is 0.313. The summed E-state index contributed by atoms with van der Waals surface area (Å²) in [6.07, 6.45) is 0. The first-order valence-corrected chi connectivity index (χ1v) is 4.04. The van der Waals surface area contributed by atoms with Crippen LogP contribution in [0.4, 0.5) is 0 Å². The maximum absolute atomic E-state index is 4.87. The lowest BCUT2D eigenvalue weighted by Crippen LogP contribution is -2.19. The molecule has 0 rings (SSSR count). The van der Waals surface area contributed by atoms with Crippen molar-refractivity contribution >= 4 is 5.71 Å². The van der Waals surface area contributed by atoms with Crippen molar-refractivity contribution in [3.63, 3.8) is 0 Å². The molecule has 90 valence electrons. The average molecular weight is 230 g/mol. The molecule has 0 amide bonds. The quantitative estimate of drug-likeness (QED) is 0.285. The van der Waals surface area contributed by atoms with E-state index in [4.69, 9.17) is 10.7 Å². The Bertz CT molecular complexity index is 299. The largest absolute Gasteiger partial charge is 0.303 e. The van der Waals surface area contributed by atoms with Crippen molar-refractivity contribution in [1.82, 2.24) is 10.8 Å². The minimum atomic E-state index is 0.313. The van der Waals surface area contributed by atoms with E-state index in [1.165, 1.54) is 14.2 Å². The predicted molar refractivity (Wildman–Crippen MR) is 55.1 cm³/mol. The Morgan fingerprint density at radius 2 is 2.12 bits per heavy atom. The number of rotatable bonds is 7.